The van der Waals surface area contributed by atoms with Crippen LogP contribution in [0, 0.1) is 0 Å². The molecule has 0 unspecified atom stereocenters. The zero-order valence-corrected chi connectivity index (χ0v) is 11.3. The van der Waals surface area contributed by atoms with Gasteiger partial charge in [0.1, 0.15) is 6.04 Å². The van der Waals surface area contributed by atoms with Gasteiger partial charge in [-0.3, -0.25) is 4.79 Å². The Bertz CT molecular complexity index is 188. The summed E-state index contributed by atoms with van der Waals surface area (Å²) in [4.78, 5) is 13.4. The van der Waals surface area contributed by atoms with Crippen LogP contribution in [0.25, 0.3) is 0 Å². The van der Waals surface area contributed by atoms with Crippen molar-refractivity contribution >= 4 is 30.8 Å². The molecule has 98 valence electrons. The number of nitrogens with zero attached hydrogens (tertiary/aromatic N) is 1. The average Bonchev–Trinajstić information content (AvgIpc) is 2.26. The van der Waals surface area contributed by atoms with Crippen molar-refractivity contribution in [2.75, 3.05) is 26.7 Å². The van der Waals surface area contributed by atoms with Gasteiger partial charge in [0.25, 0.3) is 0 Å². The molecule has 2 N–H and O–H groups in total. The summed E-state index contributed by atoms with van der Waals surface area (Å²) in [6.45, 7) is 3.21. The maximum absolute atomic E-state index is 11.0. The van der Waals surface area contributed by atoms with Crippen LogP contribution in [0.15, 0.2) is 0 Å². The molecular formula is C10H22Cl2N2O2. The minimum absolute atomic E-state index is 0. The molecule has 1 aliphatic rings. The molecule has 16 heavy (non-hydrogen) atoms. The van der Waals surface area contributed by atoms with Gasteiger partial charge < -0.3 is 15.4 Å². The van der Waals surface area contributed by atoms with Crippen LogP contribution in [0.5, 0.6) is 0 Å². The number of ether oxygens (including phenoxy) is 1. The summed E-state index contributed by atoms with van der Waals surface area (Å²) in [5.41, 5.74) is 5.64. The van der Waals surface area contributed by atoms with Gasteiger partial charge in [0, 0.05) is 6.54 Å². The smallest absolute Gasteiger partial charge is 0.322 e. The minimum atomic E-state index is -0.457. The molecule has 4 nitrogen and oxygen atoms in total. The standard InChI is InChI=1S/C10H20N2O2.2ClH/c1-14-10(13)9(11)5-8-12-6-3-2-4-7-12;;/h9H,2-8,11H2,1H3;2*1H/t9-;;/m0../s1. The molecule has 0 saturated carbocycles. The highest BCUT2D eigenvalue weighted by Crippen LogP contribution is 2.09. The molecule has 0 amide bonds. The monoisotopic (exact) mass is 272 g/mol. The van der Waals surface area contributed by atoms with Gasteiger partial charge in [-0.05, 0) is 32.4 Å². The minimum Gasteiger partial charge on any atom is -0.468 e. The summed E-state index contributed by atoms with van der Waals surface area (Å²) in [5.74, 6) is -0.304. The summed E-state index contributed by atoms with van der Waals surface area (Å²) in [6.07, 6.45) is 4.58. The maximum Gasteiger partial charge on any atom is 0.322 e. The molecular weight excluding hydrogens is 251 g/mol. The normalized spacial score (nSPS) is 17.9. The third-order valence-electron chi connectivity index (χ3n) is 2.71. The topological polar surface area (TPSA) is 55.6 Å². The Balaban J connectivity index is 0. The maximum atomic E-state index is 11.0. The molecule has 0 bridgehead atoms. The molecule has 0 aromatic heterocycles. The first-order valence-corrected chi connectivity index (χ1v) is 5.30. The fraction of sp³-hybridized carbons (Fsp3) is 0.900. The molecule has 1 heterocycles. The predicted molar refractivity (Wildman–Crippen MR) is 69.4 cm³/mol. The van der Waals surface area contributed by atoms with Gasteiger partial charge in [-0.1, -0.05) is 6.42 Å². The summed E-state index contributed by atoms with van der Waals surface area (Å²) in [7, 11) is 1.38. The number of esters is 1. The molecule has 0 aromatic rings. The number of carbonyl (C=O) groups excluding carboxylic acids is 1. The van der Waals surface area contributed by atoms with Crippen molar-refractivity contribution < 1.29 is 9.53 Å². The number of hydrogen-bond acceptors (Lipinski definition) is 4. The van der Waals surface area contributed by atoms with Crippen molar-refractivity contribution in [3.8, 4) is 0 Å². The largest absolute Gasteiger partial charge is 0.468 e. The van der Waals surface area contributed by atoms with Crippen LogP contribution in [-0.2, 0) is 9.53 Å². The Morgan fingerprint density at radius 2 is 1.88 bits per heavy atom. The summed E-state index contributed by atoms with van der Waals surface area (Å²) < 4.78 is 4.57. The van der Waals surface area contributed by atoms with E-state index in [0.717, 1.165) is 19.6 Å². The molecule has 1 fully saturated rings. The Kier molecular flexibility index (Phi) is 11.6. The van der Waals surface area contributed by atoms with Crippen molar-refractivity contribution in [2.45, 2.75) is 31.7 Å². The van der Waals surface area contributed by atoms with Crippen molar-refractivity contribution in [2.24, 2.45) is 5.73 Å². The van der Waals surface area contributed by atoms with E-state index < -0.39 is 6.04 Å². The molecule has 1 rings (SSSR count). The highest BCUT2D eigenvalue weighted by atomic mass is 35.5. The molecule has 0 aromatic carbocycles. The number of rotatable bonds is 4. The van der Waals surface area contributed by atoms with Gasteiger partial charge in [0.15, 0.2) is 0 Å². The fourth-order valence-electron chi connectivity index (χ4n) is 1.77. The Morgan fingerprint density at radius 3 is 2.38 bits per heavy atom. The predicted octanol–water partition coefficient (Wildman–Crippen LogP) is 1.21. The summed E-state index contributed by atoms with van der Waals surface area (Å²) in [5, 5.41) is 0. The van der Waals surface area contributed by atoms with Gasteiger partial charge in [-0.25, -0.2) is 0 Å². The molecule has 1 saturated heterocycles. The third-order valence-corrected chi connectivity index (χ3v) is 2.71. The van der Waals surface area contributed by atoms with Crippen molar-refractivity contribution in [1.82, 2.24) is 4.90 Å². The first-order chi connectivity index (χ1) is 6.74. The number of methoxy groups -OCH3 is 1. The lowest BCUT2D eigenvalue weighted by atomic mass is 10.1. The van der Waals surface area contributed by atoms with Crippen molar-refractivity contribution in [1.29, 1.82) is 0 Å². The second-order valence-electron chi connectivity index (χ2n) is 3.82. The van der Waals surface area contributed by atoms with E-state index in [1.165, 1.54) is 26.4 Å². The highest BCUT2D eigenvalue weighted by Gasteiger charge is 2.16. The number of halogens is 2. The number of hydrogen-bond donors (Lipinski definition) is 1. The van der Waals surface area contributed by atoms with Gasteiger partial charge in [-0.15, -0.1) is 24.8 Å². The number of piperidine rings is 1. The van der Waals surface area contributed by atoms with E-state index in [4.69, 9.17) is 5.73 Å². The van der Waals surface area contributed by atoms with Crippen LogP contribution in [0.2, 0.25) is 0 Å². The first kappa shape index (κ1) is 18.3. The van der Waals surface area contributed by atoms with Gasteiger partial charge in [0.05, 0.1) is 7.11 Å². The molecule has 1 aliphatic heterocycles. The second kappa shape index (κ2) is 10.1. The first-order valence-electron chi connectivity index (χ1n) is 5.30. The zero-order chi connectivity index (χ0) is 10.4. The number of likely N-dealkylation sites (tertiary alicyclic amines) is 1. The fourth-order valence-corrected chi connectivity index (χ4v) is 1.77. The van der Waals surface area contributed by atoms with E-state index >= 15 is 0 Å². The van der Waals surface area contributed by atoms with Crippen LogP contribution in [0.3, 0.4) is 0 Å². The quantitative estimate of drug-likeness (QED) is 0.782. The average molecular weight is 273 g/mol. The molecule has 0 aliphatic carbocycles. The van der Waals surface area contributed by atoms with E-state index in [1.807, 2.05) is 0 Å². The van der Waals surface area contributed by atoms with Crippen LogP contribution < -0.4 is 5.73 Å². The zero-order valence-electron chi connectivity index (χ0n) is 9.68. The van der Waals surface area contributed by atoms with E-state index in [0.29, 0.717) is 6.42 Å². The SMILES string of the molecule is COC(=O)[C@@H](N)CCN1CCCCC1.Cl.Cl. The molecule has 0 spiro atoms. The molecule has 6 heteroatoms. The van der Waals surface area contributed by atoms with Crippen LogP contribution >= 0.6 is 24.8 Å². The third kappa shape index (κ3) is 6.53. The van der Waals surface area contributed by atoms with E-state index in [-0.39, 0.29) is 30.8 Å². The lowest BCUT2D eigenvalue weighted by Crippen LogP contribution is -2.38. The van der Waals surface area contributed by atoms with Crippen molar-refractivity contribution in [3.05, 3.63) is 0 Å². The van der Waals surface area contributed by atoms with Crippen molar-refractivity contribution in [3.63, 3.8) is 0 Å². The number of nitrogens with two attached hydrogens (primary N) is 1. The van der Waals surface area contributed by atoms with Gasteiger partial charge in [0.2, 0.25) is 0 Å². The van der Waals surface area contributed by atoms with E-state index in [1.54, 1.807) is 0 Å². The van der Waals surface area contributed by atoms with E-state index in [9.17, 15) is 4.79 Å². The Labute approximate surface area is 110 Å². The highest BCUT2D eigenvalue weighted by molar-refractivity contribution is 5.85. The van der Waals surface area contributed by atoms with Crippen LogP contribution in [0.1, 0.15) is 25.7 Å². The second-order valence-corrected chi connectivity index (χ2v) is 3.82. The number of carbonyl (C=O) groups is 1. The lowest BCUT2D eigenvalue weighted by molar-refractivity contribution is -0.142. The lowest BCUT2D eigenvalue weighted by Gasteiger charge is -2.26. The Hall–Kier alpha value is -0.0300. The van der Waals surface area contributed by atoms with Crippen LogP contribution in [-0.4, -0.2) is 43.7 Å². The van der Waals surface area contributed by atoms with Gasteiger partial charge >= 0.3 is 5.97 Å². The summed E-state index contributed by atoms with van der Waals surface area (Å²) >= 11 is 0. The Morgan fingerprint density at radius 1 is 1.31 bits per heavy atom. The summed E-state index contributed by atoms with van der Waals surface area (Å²) in [6, 6.07) is -0.457. The van der Waals surface area contributed by atoms with E-state index in [2.05, 4.69) is 9.64 Å². The molecule has 1 atom stereocenters. The van der Waals surface area contributed by atoms with Gasteiger partial charge in [-0.2, -0.15) is 0 Å². The van der Waals surface area contributed by atoms with Crippen LogP contribution in [0.4, 0.5) is 0 Å². The molecule has 0 radical (unpaired) electrons.